The minimum absolute atomic E-state index is 0.355. The molecule has 0 atom stereocenters. The zero-order valence-corrected chi connectivity index (χ0v) is 8.35. The van der Waals surface area contributed by atoms with E-state index in [-0.39, 0.29) is 5.82 Å². The Morgan fingerprint density at radius 3 is 2.81 bits per heavy atom. The van der Waals surface area contributed by atoms with Crippen LogP contribution in [0.3, 0.4) is 0 Å². The highest BCUT2D eigenvalue weighted by Crippen LogP contribution is 2.13. The van der Waals surface area contributed by atoms with Gasteiger partial charge in [0.25, 0.3) is 5.91 Å². The van der Waals surface area contributed by atoms with Gasteiger partial charge in [0, 0.05) is 11.9 Å². The summed E-state index contributed by atoms with van der Waals surface area (Å²) in [5.41, 5.74) is 2.97. The van der Waals surface area contributed by atoms with Crippen LogP contribution in [0.2, 0.25) is 0 Å². The fourth-order valence-corrected chi connectivity index (χ4v) is 1.49. The molecule has 16 heavy (non-hydrogen) atoms. The van der Waals surface area contributed by atoms with E-state index in [2.05, 4.69) is 0 Å². The number of hydrogen-bond donors (Lipinski definition) is 2. The number of amides is 1. The Balaban J connectivity index is 2.48. The predicted octanol–water partition coefficient (Wildman–Crippen LogP) is 1.22. The van der Waals surface area contributed by atoms with Gasteiger partial charge in [-0.15, -0.1) is 0 Å². The second kappa shape index (κ2) is 4.16. The Bertz CT molecular complexity index is 521. The van der Waals surface area contributed by atoms with Crippen molar-refractivity contribution in [3.63, 3.8) is 0 Å². The van der Waals surface area contributed by atoms with Crippen LogP contribution in [-0.2, 0) is 0 Å². The Morgan fingerprint density at radius 1 is 1.31 bits per heavy atom. The number of nitrogens with one attached hydrogen (secondary N) is 1. The largest absolute Gasteiger partial charge is 0.312 e. The van der Waals surface area contributed by atoms with E-state index in [0.29, 0.717) is 11.4 Å². The summed E-state index contributed by atoms with van der Waals surface area (Å²) in [5, 5.41) is 0. The molecule has 1 aromatic carbocycles. The van der Waals surface area contributed by atoms with Crippen LogP contribution in [0.25, 0.3) is 5.69 Å². The number of nitrogen functional groups attached to an aromatic ring is 1. The molecule has 0 bridgehead atoms. The van der Waals surface area contributed by atoms with E-state index >= 15 is 0 Å². The molecule has 0 aliphatic rings. The van der Waals surface area contributed by atoms with Crippen molar-refractivity contribution in [1.82, 2.24) is 9.99 Å². The summed E-state index contributed by atoms with van der Waals surface area (Å²) in [5.74, 6) is 4.27. The smallest absolute Gasteiger partial charge is 0.282 e. The van der Waals surface area contributed by atoms with Crippen molar-refractivity contribution in [2.24, 2.45) is 5.84 Å². The van der Waals surface area contributed by atoms with Crippen molar-refractivity contribution in [2.45, 2.75) is 0 Å². The highest BCUT2D eigenvalue weighted by atomic mass is 19.1. The molecule has 0 spiro atoms. The molecule has 82 valence electrons. The number of rotatable bonds is 2. The first-order valence-electron chi connectivity index (χ1n) is 4.66. The third-order valence-corrected chi connectivity index (χ3v) is 2.20. The van der Waals surface area contributed by atoms with Crippen LogP contribution in [0.1, 0.15) is 10.5 Å². The second-order valence-corrected chi connectivity index (χ2v) is 3.22. The van der Waals surface area contributed by atoms with Gasteiger partial charge < -0.3 is 4.57 Å². The average Bonchev–Trinajstić information content (AvgIpc) is 2.77. The second-order valence-electron chi connectivity index (χ2n) is 3.22. The van der Waals surface area contributed by atoms with Gasteiger partial charge in [-0.25, -0.2) is 10.2 Å². The number of hydrazine groups is 1. The molecule has 2 aromatic rings. The monoisotopic (exact) mass is 219 g/mol. The molecule has 0 aliphatic carbocycles. The average molecular weight is 219 g/mol. The van der Waals surface area contributed by atoms with Gasteiger partial charge in [0.1, 0.15) is 11.5 Å². The maximum Gasteiger partial charge on any atom is 0.282 e. The number of nitrogens with zero attached hydrogens (tertiary/aromatic N) is 1. The van der Waals surface area contributed by atoms with Crippen LogP contribution in [-0.4, -0.2) is 10.5 Å². The van der Waals surface area contributed by atoms with E-state index in [1.54, 1.807) is 35.0 Å². The van der Waals surface area contributed by atoms with Gasteiger partial charge in [0.05, 0.1) is 0 Å². The highest BCUT2D eigenvalue weighted by molar-refractivity contribution is 5.92. The summed E-state index contributed by atoms with van der Waals surface area (Å²) in [7, 11) is 0. The molecule has 1 aromatic heterocycles. The van der Waals surface area contributed by atoms with Gasteiger partial charge in [0.2, 0.25) is 0 Å². The molecular weight excluding hydrogens is 209 g/mol. The molecule has 2 rings (SSSR count). The van der Waals surface area contributed by atoms with Crippen molar-refractivity contribution in [1.29, 1.82) is 0 Å². The maximum atomic E-state index is 13.0. The van der Waals surface area contributed by atoms with Crippen LogP contribution in [0.4, 0.5) is 4.39 Å². The van der Waals surface area contributed by atoms with Crippen molar-refractivity contribution in [3.8, 4) is 5.69 Å². The number of nitrogens with two attached hydrogens (primary N) is 1. The first-order valence-corrected chi connectivity index (χ1v) is 4.66. The molecule has 0 saturated heterocycles. The van der Waals surface area contributed by atoms with Crippen molar-refractivity contribution < 1.29 is 9.18 Å². The normalized spacial score (nSPS) is 10.1. The van der Waals surface area contributed by atoms with Gasteiger partial charge >= 0.3 is 0 Å². The van der Waals surface area contributed by atoms with Gasteiger partial charge in [-0.05, 0) is 30.3 Å². The van der Waals surface area contributed by atoms with E-state index in [9.17, 15) is 9.18 Å². The summed E-state index contributed by atoms with van der Waals surface area (Å²) in [6.45, 7) is 0. The van der Waals surface area contributed by atoms with Crippen LogP contribution in [0.15, 0.2) is 42.6 Å². The third-order valence-electron chi connectivity index (χ3n) is 2.20. The summed E-state index contributed by atoms with van der Waals surface area (Å²) in [6.07, 6.45) is 1.67. The van der Waals surface area contributed by atoms with E-state index < -0.39 is 5.91 Å². The molecule has 1 amide bonds. The number of carbonyl (C=O) groups excluding carboxylic acids is 1. The van der Waals surface area contributed by atoms with E-state index in [1.165, 1.54) is 12.1 Å². The van der Waals surface area contributed by atoms with Crippen LogP contribution in [0, 0.1) is 5.82 Å². The topological polar surface area (TPSA) is 60.0 Å². The Kier molecular flexibility index (Phi) is 2.70. The van der Waals surface area contributed by atoms with E-state index in [0.717, 1.165) is 0 Å². The predicted molar refractivity (Wildman–Crippen MR) is 57.4 cm³/mol. The van der Waals surface area contributed by atoms with Crippen molar-refractivity contribution >= 4 is 5.91 Å². The lowest BCUT2D eigenvalue weighted by Crippen LogP contribution is -2.31. The first kappa shape index (κ1) is 10.4. The first-order chi connectivity index (χ1) is 7.72. The molecule has 4 nitrogen and oxygen atoms in total. The molecule has 3 N–H and O–H groups in total. The Morgan fingerprint density at radius 2 is 2.12 bits per heavy atom. The fraction of sp³-hybridized carbons (Fsp3) is 0. The van der Waals surface area contributed by atoms with Crippen LogP contribution in [0.5, 0.6) is 0 Å². The van der Waals surface area contributed by atoms with Crippen molar-refractivity contribution in [3.05, 3.63) is 54.1 Å². The zero-order chi connectivity index (χ0) is 11.5. The Labute approximate surface area is 91.5 Å². The lowest BCUT2D eigenvalue weighted by molar-refractivity contribution is 0.0947. The number of halogens is 1. The molecule has 0 saturated carbocycles. The summed E-state index contributed by atoms with van der Waals surface area (Å²) < 4.78 is 14.6. The molecule has 0 radical (unpaired) electrons. The molecule has 0 aliphatic heterocycles. The quantitative estimate of drug-likeness (QED) is 0.453. The van der Waals surface area contributed by atoms with E-state index in [4.69, 9.17) is 5.84 Å². The minimum Gasteiger partial charge on any atom is -0.312 e. The number of carbonyl (C=O) groups is 1. The summed E-state index contributed by atoms with van der Waals surface area (Å²) in [6, 6.07) is 9.26. The summed E-state index contributed by atoms with van der Waals surface area (Å²) in [4.78, 5) is 11.4. The molecule has 1 heterocycles. The van der Waals surface area contributed by atoms with Gasteiger partial charge in [-0.2, -0.15) is 0 Å². The van der Waals surface area contributed by atoms with Gasteiger partial charge in [-0.1, -0.05) is 6.07 Å². The molecular formula is C11H10FN3O. The summed E-state index contributed by atoms with van der Waals surface area (Å²) >= 11 is 0. The number of benzene rings is 1. The highest BCUT2D eigenvalue weighted by Gasteiger charge is 2.10. The maximum absolute atomic E-state index is 13.0. The zero-order valence-electron chi connectivity index (χ0n) is 8.35. The van der Waals surface area contributed by atoms with Crippen LogP contribution >= 0.6 is 0 Å². The third kappa shape index (κ3) is 1.80. The minimum atomic E-state index is -0.422. The van der Waals surface area contributed by atoms with Gasteiger partial charge in [0.15, 0.2) is 0 Å². The number of aromatic nitrogens is 1. The number of hydrogen-bond acceptors (Lipinski definition) is 2. The standard InChI is InChI=1S/C11H10FN3O/c12-8-3-1-4-9(7-8)15-6-2-5-10(15)11(16)14-13/h1-7H,13H2,(H,14,16). The van der Waals surface area contributed by atoms with Crippen molar-refractivity contribution in [2.75, 3.05) is 0 Å². The van der Waals surface area contributed by atoms with E-state index in [1.807, 2.05) is 5.43 Å². The lowest BCUT2D eigenvalue weighted by atomic mass is 10.3. The van der Waals surface area contributed by atoms with Crippen LogP contribution < -0.4 is 11.3 Å². The molecule has 0 unspecified atom stereocenters. The SMILES string of the molecule is NNC(=O)c1cccn1-c1cccc(F)c1. The van der Waals surface area contributed by atoms with Gasteiger partial charge in [-0.3, -0.25) is 10.2 Å². The fourth-order valence-electron chi connectivity index (χ4n) is 1.49. The lowest BCUT2D eigenvalue weighted by Gasteiger charge is -2.07. The molecule has 0 fully saturated rings. The Hall–Kier alpha value is -2.14. The molecule has 5 heteroatoms.